The zero-order valence-corrected chi connectivity index (χ0v) is 13.6. The molecule has 118 valence electrons. The summed E-state index contributed by atoms with van der Waals surface area (Å²) in [7, 11) is 0. The molecule has 0 aromatic carbocycles. The molecular weight excluding hydrogens is 288 g/mol. The van der Waals surface area contributed by atoms with Gasteiger partial charge in [-0.3, -0.25) is 4.79 Å². The Balaban J connectivity index is 1.86. The average Bonchev–Trinajstić information content (AvgIpc) is 2.89. The minimum absolute atomic E-state index is 0.0815. The summed E-state index contributed by atoms with van der Waals surface area (Å²) in [6.45, 7) is 3.35. The first kappa shape index (κ1) is 16.3. The topological polar surface area (TPSA) is 85.3 Å². The van der Waals surface area contributed by atoms with Crippen LogP contribution in [0.1, 0.15) is 31.0 Å². The van der Waals surface area contributed by atoms with Gasteiger partial charge in [-0.1, -0.05) is 5.16 Å². The van der Waals surface area contributed by atoms with E-state index < -0.39 is 0 Å². The summed E-state index contributed by atoms with van der Waals surface area (Å²) in [5, 5.41) is 3.94. The van der Waals surface area contributed by atoms with Gasteiger partial charge in [0.25, 0.3) is 0 Å². The van der Waals surface area contributed by atoms with Gasteiger partial charge in [0.05, 0.1) is 6.04 Å². The summed E-state index contributed by atoms with van der Waals surface area (Å²) in [5.74, 6) is 2.73. The van der Waals surface area contributed by atoms with Crippen LogP contribution in [0.15, 0.2) is 4.52 Å². The number of hydrogen-bond donors (Lipinski definition) is 1. The molecule has 0 aliphatic carbocycles. The van der Waals surface area contributed by atoms with Gasteiger partial charge in [0.15, 0.2) is 5.82 Å². The first-order valence-corrected chi connectivity index (χ1v) is 8.82. The van der Waals surface area contributed by atoms with E-state index in [4.69, 9.17) is 10.3 Å². The van der Waals surface area contributed by atoms with Gasteiger partial charge >= 0.3 is 0 Å². The Bertz CT molecular complexity index is 466. The number of amides is 1. The number of piperidine rings is 1. The van der Waals surface area contributed by atoms with E-state index in [-0.39, 0.29) is 11.9 Å². The third kappa shape index (κ3) is 4.71. The quantitative estimate of drug-likeness (QED) is 0.850. The summed E-state index contributed by atoms with van der Waals surface area (Å²) in [6.07, 6.45) is 5.65. The Hall–Kier alpha value is -1.08. The van der Waals surface area contributed by atoms with Gasteiger partial charge in [-0.2, -0.15) is 16.7 Å². The number of likely N-dealkylation sites (tertiary alicyclic amines) is 1. The molecular formula is C14H24N4O2S. The van der Waals surface area contributed by atoms with Crippen LogP contribution in [0, 0.1) is 12.8 Å². The number of rotatable bonds is 6. The molecule has 21 heavy (non-hydrogen) atoms. The average molecular weight is 312 g/mol. The van der Waals surface area contributed by atoms with Crippen LogP contribution < -0.4 is 5.73 Å². The highest BCUT2D eigenvalue weighted by Gasteiger charge is 2.27. The number of carbonyl (C=O) groups is 1. The van der Waals surface area contributed by atoms with Crippen LogP contribution >= 0.6 is 11.8 Å². The third-order valence-electron chi connectivity index (χ3n) is 3.82. The molecule has 2 atom stereocenters. The summed E-state index contributed by atoms with van der Waals surface area (Å²) in [5.41, 5.74) is 5.99. The van der Waals surface area contributed by atoms with Crippen molar-refractivity contribution < 1.29 is 9.32 Å². The second-order valence-corrected chi connectivity index (χ2v) is 6.60. The lowest BCUT2D eigenvalue weighted by atomic mass is 9.94. The zero-order valence-electron chi connectivity index (χ0n) is 12.7. The number of nitrogens with two attached hydrogens (primary N) is 1. The predicted molar refractivity (Wildman–Crippen MR) is 83.0 cm³/mol. The highest BCUT2D eigenvalue weighted by Crippen LogP contribution is 2.20. The minimum Gasteiger partial charge on any atom is -0.341 e. The van der Waals surface area contributed by atoms with Crippen LogP contribution in [0.3, 0.4) is 0 Å². The van der Waals surface area contributed by atoms with Crippen LogP contribution in [0.25, 0.3) is 0 Å². The lowest BCUT2D eigenvalue weighted by molar-refractivity contribution is -0.134. The maximum atomic E-state index is 12.3. The monoisotopic (exact) mass is 312 g/mol. The second kappa shape index (κ2) is 7.79. The van der Waals surface area contributed by atoms with Crippen LogP contribution in [-0.4, -0.2) is 52.1 Å². The van der Waals surface area contributed by atoms with Gasteiger partial charge in [0.2, 0.25) is 11.8 Å². The molecule has 1 aliphatic heterocycles. The lowest BCUT2D eigenvalue weighted by Gasteiger charge is -2.33. The normalized spacial score (nSPS) is 20.5. The molecule has 1 aliphatic rings. The van der Waals surface area contributed by atoms with Crippen LogP contribution in [0.4, 0.5) is 0 Å². The van der Waals surface area contributed by atoms with E-state index in [1.54, 1.807) is 18.7 Å². The molecule has 0 unspecified atom stereocenters. The van der Waals surface area contributed by atoms with E-state index in [2.05, 4.69) is 10.1 Å². The summed E-state index contributed by atoms with van der Waals surface area (Å²) in [6, 6.07) is -0.372. The zero-order chi connectivity index (χ0) is 15.2. The van der Waals surface area contributed by atoms with E-state index in [1.807, 2.05) is 11.2 Å². The first-order valence-electron chi connectivity index (χ1n) is 7.42. The Kier molecular flexibility index (Phi) is 6.05. The summed E-state index contributed by atoms with van der Waals surface area (Å²) in [4.78, 5) is 18.5. The Morgan fingerprint density at radius 1 is 1.62 bits per heavy atom. The molecule has 1 amide bonds. The fourth-order valence-corrected chi connectivity index (χ4v) is 3.21. The number of hydrogen-bond acceptors (Lipinski definition) is 6. The van der Waals surface area contributed by atoms with E-state index in [1.165, 1.54) is 0 Å². The number of aryl methyl sites for hydroxylation is 1. The Morgan fingerprint density at radius 2 is 2.43 bits per heavy atom. The molecule has 0 bridgehead atoms. The fraction of sp³-hybridized carbons (Fsp3) is 0.786. The molecule has 1 saturated heterocycles. The van der Waals surface area contributed by atoms with Crippen molar-refractivity contribution in [3.8, 4) is 0 Å². The molecule has 0 radical (unpaired) electrons. The molecule has 6 nitrogen and oxygen atoms in total. The van der Waals surface area contributed by atoms with Crippen molar-refractivity contribution in [3.63, 3.8) is 0 Å². The van der Waals surface area contributed by atoms with Gasteiger partial charge in [-0.25, -0.2) is 0 Å². The van der Waals surface area contributed by atoms with Gasteiger partial charge in [-0.15, -0.1) is 0 Å². The fourth-order valence-electron chi connectivity index (χ4n) is 2.72. The third-order valence-corrected chi connectivity index (χ3v) is 4.47. The van der Waals surface area contributed by atoms with Crippen molar-refractivity contribution in [2.24, 2.45) is 11.7 Å². The van der Waals surface area contributed by atoms with Crippen molar-refractivity contribution in [1.29, 1.82) is 0 Å². The van der Waals surface area contributed by atoms with Gasteiger partial charge in [-0.05, 0) is 37.2 Å². The highest BCUT2D eigenvalue weighted by molar-refractivity contribution is 7.98. The molecule has 0 spiro atoms. The summed E-state index contributed by atoms with van der Waals surface area (Å²) < 4.78 is 5.00. The molecule has 1 fully saturated rings. The van der Waals surface area contributed by atoms with Gasteiger partial charge in [0, 0.05) is 26.4 Å². The van der Waals surface area contributed by atoms with Gasteiger partial charge < -0.3 is 15.2 Å². The maximum absolute atomic E-state index is 12.3. The maximum Gasteiger partial charge on any atom is 0.239 e. The first-order chi connectivity index (χ1) is 10.1. The van der Waals surface area contributed by atoms with Crippen molar-refractivity contribution in [1.82, 2.24) is 15.0 Å². The number of carbonyl (C=O) groups excluding carboxylic acids is 1. The smallest absolute Gasteiger partial charge is 0.239 e. The van der Waals surface area contributed by atoms with E-state index in [0.717, 1.165) is 50.4 Å². The molecule has 2 rings (SSSR count). The van der Waals surface area contributed by atoms with E-state index in [9.17, 15) is 4.79 Å². The number of thioether (sulfide) groups is 1. The van der Waals surface area contributed by atoms with Gasteiger partial charge in [0.1, 0.15) is 0 Å². The van der Waals surface area contributed by atoms with Crippen LogP contribution in [0.2, 0.25) is 0 Å². The minimum atomic E-state index is -0.372. The lowest BCUT2D eigenvalue weighted by Crippen LogP contribution is -2.48. The number of nitrogens with zero attached hydrogens (tertiary/aromatic N) is 3. The molecule has 2 N–H and O–H groups in total. The van der Waals surface area contributed by atoms with E-state index >= 15 is 0 Å². The van der Waals surface area contributed by atoms with Crippen molar-refractivity contribution >= 4 is 17.7 Å². The van der Waals surface area contributed by atoms with Crippen LogP contribution in [-0.2, 0) is 11.2 Å². The molecule has 7 heteroatoms. The molecule has 0 saturated carbocycles. The van der Waals surface area contributed by atoms with Crippen molar-refractivity contribution in [3.05, 3.63) is 11.7 Å². The van der Waals surface area contributed by atoms with Crippen molar-refractivity contribution in [2.45, 2.75) is 38.6 Å². The molecule has 1 aromatic rings. The van der Waals surface area contributed by atoms with Crippen LogP contribution in [0.5, 0.6) is 0 Å². The Labute approximate surface area is 129 Å². The standard InChI is InChI=1S/C14H24N4O2S/c1-10-16-13(17-20-10)8-11-4-3-6-18(9-11)14(19)12(15)5-7-21-2/h11-12H,3-9,15H2,1-2H3/t11-,12+/m1/s1. The van der Waals surface area contributed by atoms with Crippen molar-refractivity contribution in [2.75, 3.05) is 25.1 Å². The largest absolute Gasteiger partial charge is 0.341 e. The van der Waals surface area contributed by atoms with E-state index in [0.29, 0.717) is 11.8 Å². The second-order valence-electron chi connectivity index (χ2n) is 5.61. The molecule has 2 heterocycles. The Morgan fingerprint density at radius 3 is 3.10 bits per heavy atom. The predicted octanol–water partition coefficient (Wildman–Crippen LogP) is 1.24. The molecule has 1 aromatic heterocycles. The highest BCUT2D eigenvalue weighted by atomic mass is 32.2. The SMILES string of the molecule is CSCC[C@H](N)C(=O)N1CCC[C@H](Cc2noc(C)n2)C1. The summed E-state index contributed by atoms with van der Waals surface area (Å²) >= 11 is 1.72. The number of aromatic nitrogens is 2.